The Hall–Kier alpha value is -0.730. The highest BCUT2D eigenvalue weighted by molar-refractivity contribution is 6.30. The van der Waals surface area contributed by atoms with Crippen LogP contribution < -0.4 is 10.5 Å². The molecule has 0 bridgehead atoms. The van der Waals surface area contributed by atoms with Crippen molar-refractivity contribution in [2.24, 2.45) is 11.1 Å². The van der Waals surface area contributed by atoms with E-state index in [1.165, 1.54) is 0 Å². The summed E-state index contributed by atoms with van der Waals surface area (Å²) in [6.07, 6.45) is 2.09. The Morgan fingerprint density at radius 2 is 2.12 bits per heavy atom. The first-order chi connectivity index (χ1) is 7.85. The third-order valence-electron chi connectivity index (χ3n) is 3.02. The van der Waals surface area contributed by atoms with Crippen molar-refractivity contribution in [1.29, 1.82) is 0 Å². The fraction of sp³-hybridized carbons (Fsp3) is 0.571. The van der Waals surface area contributed by atoms with Gasteiger partial charge in [-0.2, -0.15) is 0 Å². The van der Waals surface area contributed by atoms with E-state index in [4.69, 9.17) is 22.1 Å². The maximum atomic E-state index is 6.19. The highest BCUT2D eigenvalue weighted by Gasteiger charge is 2.29. The predicted octanol–water partition coefficient (Wildman–Crippen LogP) is 3.93. The van der Waals surface area contributed by atoms with Gasteiger partial charge in [-0.05, 0) is 30.0 Å². The number of rotatable bonds is 1. The second kappa shape index (κ2) is 4.51. The zero-order valence-corrected chi connectivity index (χ0v) is 11.4. The monoisotopic (exact) mass is 253 g/mol. The van der Waals surface area contributed by atoms with Crippen molar-refractivity contribution in [2.45, 2.75) is 45.8 Å². The third kappa shape index (κ3) is 3.14. The number of hydrogen-bond donors (Lipinski definition) is 1. The fourth-order valence-electron chi connectivity index (χ4n) is 2.36. The molecule has 17 heavy (non-hydrogen) atoms. The van der Waals surface area contributed by atoms with Crippen molar-refractivity contribution in [3.05, 3.63) is 28.8 Å². The molecule has 1 heterocycles. The minimum atomic E-state index is 0.0322. The number of halogens is 1. The molecule has 3 heteroatoms. The number of benzene rings is 1. The lowest BCUT2D eigenvalue weighted by Crippen LogP contribution is -2.32. The van der Waals surface area contributed by atoms with Gasteiger partial charge in [0.1, 0.15) is 11.9 Å². The summed E-state index contributed by atoms with van der Waals surface area (Å²) >= 11 is 5.97. The van der Waals surface area contributed by atoms with Crippen LogP contribution in [-0.4, -0.2) is 6.10 Å². The van der Waals surface area contributed by atoms with Crippen molar-refractivity contribution in [2.75, 3.05) is 0 Å². The van der Waals surface area contributed by atoms with Gasteiger partial charge in [-0.1, -0.05) is 32.4 Å². The molecule has 94 valence electrons. The van der Waals surface area contributed by atoms with E-state index < -0.39 is 0 Å². The molecule has 0 saturated heterocycles. The molecule has 0 spiro atoms. The number of nitrogens with two attached hydrogens (primary N) is 1. The summed E-state index contributed by atoms with van der Waals surface area (Å²) in [5.74, 6) is 0.891. The lowest BCUT2D eigenvalue weighted by molar-refractivity contribution is 0.112. The number of fused-ring (bicyclic) bond motifs is 1. The van der Waals surface area contributed by atoms with Gasteiger partial charge < -0.3 is 10.5 Å². The fourth-order valence-corrected chi connectivity index (χ4v) is 2.54. The SMILES string of the molecule is CC(C)(C)CC1C[C@H](N)c2cc(Cl)ccc2O1. The minimum absolute atomic E-state index is 0.0322. The van der Waals surface area contributed by atoms with Crippen LogP contribution in [0.2, 0.25) is 5.02 Å². The van der Waals surface area contributed by atoms with Crippen LogP contribution in [0.15, 0.2) is 18.2 Å². The zero-order valence-electron chi connectivity index (χ0n) is 10.7. The summed E-state index contributed by atoms with van der Waals surface area (Å²) in [6, 6.07) is 5.72. The second-order valence-corrected chi connectivity index (χ2v) is 6.47. The normalized spacial score (nSPS) is 24.1. The smallest absolute Gasteiger partial charge is 0.124 e. The Bertz CT molecular complexity index is 411. The Morgan fingerprint density at radius 3 is 2.76 bits per heavy atom. The minimum Gasteiger partial charge on any atom is -0.490 e. The summed E-state index contributed by atoms with van der Waals surface area (Å²) in [7, 11) is 0. The molecule has 0 aromatic heterocycles. The summed E-state index contributed by atoms with van der Waals surface area (Å²) in [5, 5.41) is 0.720. The van der Waals surface area contributed by atoms with Gasteiger partial charge in [0, 0.05) is 23.0 Å². The molecule has 1 unspecified atom stereocenters. The highest BCUT2D eigenvalue weighted by Crippen LogP contribution is 2.38. The Balaban J connectivity index is 2.19. The molecule has 1 aliphatic rings. The molecule has 0 saturated carbocycles. The summed E-state index contributed by atoms with van der Waals surface area (Å²) in [6.45, 7) is 6.66. The first-order valence-corrected chi connectivity index (χ1v) is 6.45. The van der Waals surface area contributed by atoms with Crippen LogP contribution in [0.25, 0.3) is 0 Å². The van der Waals surface area contributed by atoms with Crippen LogP contribution in [0.3, 0.4) is 0 Å². The van der Waals surface area contributed by atoms with Crippen molar-refractivity contribution in [3.8, 4) is 5.75 Å². The number of hydrogen-bond acceptors (Lipinski definition) is 2. The largest absolute Gasteiger partial charge is 0.490 e. The first kappa shape index (κ1) is 12.7. The van der Waals surface area contributed by atoms with Crippen LogP contribution in [-0.2, 0) is 0 Å². The Kier molecular flexibility index (Phi) is 3.37. The van der Waals surface area contributed by atoms with Crippen LogP contribution in [0.5, 0.6) is 5.75 Å². The average Bonchev–Trinajstić information content (AvgIpc) is 2.17. The quantitative estimate of drug-likeness (QED) is 0.823. The molecular formula is C14H20ClNO. The van der Waals surface area contributed by atoms with Crippen LogP contribution >= 0.6 is 11.6 Å². The van der Waals surface area contributed by atoms with E-state index in [1.807, 2.05) is 18.2 Å². The molecular weight excluding hydrogens is 234 g/mol. The summed E-state index contributed by atoms with van der Waals surface area (Å²) in [4.78, 5) is 0. The van der Waals surface area contributed by atoms with E-state index in [-0.39, 0.29) is 17.6 Å². The molecule has 0 fully saturated rings. The van der Waals surface area contributed by atoms with Gasteiger partial charge >= 0.3 is 0 Å². The van der Waals surface area contributed by atoms with Crippen molar-refractivity contribution >= 4 is 11.6 Å². The van der Waals surface area contributed by atoms with E-state index >= 15 is 0 Å². The standard InChI is InChI=1S/C14H20ClNO/c1-14(2,3)8-10-7-12(16)11-6-9(15)4-5-13(11)17-10/h4-6,10,12H,7-8,16H2,1-3H3/t10?,12-/m0/s1. The van der Waals surface area contributed by atoms with E-state index in [1.54, 1.807) is 0 Å². The van der Waals surface area contributed by atoms with E-state index in [9.17, 15) is 0 Å². The third-order valence-corrected chi connectivity index (χ3v) is 3.26. The van der Waals surface area contributed by atoms with Gasteiger partial charge in [-0.15, -0.1) is 0 Å². The van der Waals surface area contributed by atoms with Crippen LogP contribution in [0.4, 0.5) is 0 Å². The maximum Gasteiger partial charge on any atom is 0.124 e. The van der Waals surface area contributed by atoms with Gasteiger partial charge in [-0.3, -0.25) is 0 Å². The molecule has 1 aromatic carbocycles. The Labute approximate surface area is 108 Å². The zero-order chi connectivity index (χ0) is 12.6. The average molecular weight is 254 g/mol. The molecule has 1 aliphatic heterocycles. The molecule has 2 atom stereocenters. The van der Waals surface area contributed by atoms with Gasteiger partial charge in [0.15, 0.2) is 0 Å². The lowest BCUT2D eigenvalue weighted by Gasteiger charge is -2.34. The predicted molar refractivity (Wildman–Crippen MR) is 71.5 cm³/mol. The second-order valence-electron chi connectivity index (χ2n) is 6.03. The van der Waals surface area contributed by atoms with Gasteiger partial charge in [0.05, 0.1) is 0 Å². The molecule has 0 radical (unpaired) electrons. The van der Waals surface area contributed by atoms with Gasteiger partial charge in [-0.25, -0.2) is 0 Å². The molecule has 2 rings (SSSR count). The Morgan fingerprint density at radius 1 is 1.41 bits per heavy atom. The van der Waals surface area contributed by atoms with Gasteiger partial charge in [0.25, 0.3) is 0 Å². The van der Waals surface area contributed by atoms with Crippen molar-refractivity contribution < 1.29 is 4.74 Å². The number of ether oxygens (including phenoxy) is 1. The van der Waals surface area contributed by atoms with Crippen molar-refractivity contribution in [3.63, 3.8) is 0 Å². The van der Waals surface area contributed by atoms with E-state index in [2.05, 4.69) is 20.8 Å². The van der Waals surface area contributed by atoms with Crippen molar-refractivity contribution in [1.82, 2.24) is 0 Å². The van der Waals surface area contributed by atoms with Crippen LogP contribution in [0.1, 0.15) is 45.2 Å². The van der Waals surface area contributed by atoms with E-state index in [0.29, 0.717) is 0 Å². The molecule has 0 amide bonds. The van der Waals surface area contributed by atoms with Gasteiger partial charge in [0.2, 0.25) is 0 Å². The molecule has 2 N–H and O–H groups in total. The van der Waals surface area contributed by atoms with Crippen LogP contribution in [0, 0.1) is 5.41 Å². The topological polar surface area (TPSA) is 35.2 Å². The molecule has 2 nitrogen and oxygen atoms in total. The molecule has 1 aromatic rings. The lowest BCUT2D eigenvalue weighted by atomic mass is 9.85. The highest BCUT2D eigenvalue weighted by atomic mass is 35.5. The van der Waals surface area contributed by atoms with E-state index in [0.717, 1.165) is 29.2 Å². The molecule has 0 aliphatic carbocycles. The summed E-state index contributed by atoms with van der Waals surface area (Å²) in [5.41, 5.74) is 7.47. The maximum absolute atomic E-state index is 6.19. The summed E-state index contributed by atoms with van der Waals surface area (Å²) < 4.78 is 5.99. The first-order valence-electron chi connectivity index (χ1n) is 6.07.